The highest BCUT2D eigenvalue weighted by atomic mass is 16.7. The molecule has 8 nitrogen and oxygen atoms in total. The third-order valence-electron chi connectivity index (χ3n) is 7.17. The van der Waals surface area contributed by atoms with E-state index in [0.717, 1.165) is 16.5 Å². The molecule has 1 N–H and O–H groups in total. The van der Waals surface area contributed by atoms with E-state index >= 15 is 0 Å². The molecule has 0 unspecified atom stereocenters. The molecular weight excluding hydrogens is 416 g/mol. The van der Waals surface area contributed by atoms with Crippen molar-refractivity contribution in [2.75, 3.05) is 7.11 Å². The van der Waals surface area contributed by atoms with E-state index in [0.29, 0.717) is 42.6 Å². The number of benzene rings is 2. The third-order valence-corrected chi connectivity index (χ3v) is 7.17. The summed E-state index contributed by atoms with van der Waals surface area (Å²) in [6, 6.07) is 3.35. The minimum absolute atomic E-state index is 0.125. The van der Waals surface area contributed by atoms with Crippen LogP contribution in [0.25, 0.3) is 10.8 Å². The SMILES string of the molecule is COc1cc2c3c4c(c(O)cc(C)c14)C(=O)O[C@H]3[C@H]1C[C@@H](C)O[C@@]1(C[C@@H]1CCC(=O)O1)O2. The number of hydrogen-bond donors (Lipinski definition) is 1. The summed E-state index contributed by atoms with van der Waals surface area (Å²) in [6.07, 6.45) is 0.901. The molecule has 2 saturated heterocycles. The second-order valence-electron chi connectivity index (χ2n) is 9.19. The number of esters is 2. The molecule has 0 aliphatic carbocycles. The van der Waals surface area contributed by atoms with Crippen LogP contribution < -0.4 is 9.47 Å². The first-order valence-corrected chi connectivity index (χ1v) is 11.0. The molecule has 5 atom stereocenters. The first kappa shape index (κ1) is 19.7. The van der Waals surface area contributed by atoms with Gasteiger partial charge in [0, 0.05) is 28.8 Å². The molecule has 2 aromatic rings. The first-order chi connectivity index (χ1) is 15.3. The van der Waals surface area contributed by atoms with Gasteiger partial charge in [-0.25, -0.2) is 4.79 Å². The van der Waals surface area contributed by atoms with E-state index in [2.05, 4.69) is 0 Å². The number of aromatic hydroxyl groups is 1. The number of carbonyl (C=O) groups is 2. The summed E-state index contributed by atoms with van der Waals surface area (Å²) in [7, 11) is 1.56. The molecule has 2 aromatic carbocycles. The van der Waals surface area contributed by atoms with Crippen LogP contribution in [0.2, 0.25) is 0 Å². The van der Waals surface area contributed by atoms with Gasteiger partial charge in [-0.2, -0.15) is 0 Å². The number of hydrogen-bond acceptors (Lipinski definition) is 8. The van der Waals surface area contributed by atoms with Crippen LogP contribution in [0.15, 0.2) is 12.1 Å². The van der Waals surface area contributed by atoms with Crippen LogP contribution in [0.1, 0.15) is 60.2 Å². The van der Waals surface area contributed by atoms with Gasteiger partial charge in [0.1, 0.15) is 35.0 Å². The van der Waals surface area contributed by atoms with Gasteiger partial charge in [-0.1, -0.05) is 0 Å². The average Bonchev–Trinajstić information content (AvgIpc) is 3.28. The zero-order valence-electron chi connectivity index (χ0n) is 18.1. The average molecular weight is 440 g/mol. The van der Waals surface area contributed by atoms with Crippen molar-refractivity contribution in [2.45, 2.75) is 63.6 Å². The summed E-state index contributed by atoms with van der Waals surface area (Å²) in [5.74, 6) is -1.26. The summed E-state index contributed by atoms with van der Waals surface area (Å²) >= 11 is 0. The lowest BCUT2D eigenvalue weighted by molar-refractivity contribution is -0.229. The first-order valence-electron chi connectivity index (χ1n) is 11.0. The molecule has 0 spiro atoms. The number of rotatable bonds is 3. The van der Waals surface area contributed by atoms with Crippen molar-refractivity contribution in [1.82, 2.24) is 0 Å². The maximum atomic E-state index is 13.1. The van der Waals surface area contributed by atoms with Gasteiger partial charge < -0.3 is 28.8 Å². The Morgan fingerprint density at radius 2 is 2.03 bits per heavy atom. The molecule has 0 saturated carbocycles. The fraction of sp³-hybridized carbons (Fsp3) is 0.500. The van der Waals surface area contributed by atoms with Gasteiger partial charge in [0.2, 0.25) is 5.79 Å². The molecule has 32 heavy (non-hydrogen) atoms. The van der Waals surface area contributed by atoms with E-state index in [1.807, 2.05) is 13.8 Å². The Kier molecular flexibility index (Phi) is 4.00. The number of fused-ring (bicyclic) bond motifs is 2. The van der Waals surface area contributed by atoms with Crippen molar-refractivity contribution in [3.05, 3.63) is 28.8 Å². The Morgan fingerprint density at radius 3 is 2.75 bits per heavy atom. The summed E-state index contributed by atoms with van der Waals surface area (Å²) in [5.41, 5.74) is 1.65. The number of aryl methyl sites for hydroxylation is 1. The summed E-state index contributed by atoms with van der Waals surface area (Å²) in [4.78, 5) is 24.8. The van der Waals surface area contributed by atoms with E-state index in [1.54, 1.807) is 19.2 Å². The van der Waals surface area contributed by atoms with Crippen LogP contribution >= 0.6 is 0 Å². The molecule has 2 fully saturated rings. The minimum Gasteiger partial charge on any atom is -0.507 e. The standard InChI is InChI=1S/C24H24O8/c1-10-6-14(25)19-21-18(10)15(28-3)8-16-20(21)22(30-23(19)27)13-7-11(2)31-24(13,32-16)9-12-4-5-17(26)29-12/h6,8,11-13,22,25H,4-5,7,9H2,1-3H3/t11-,12+,13-,22+,24+/m1/s1. The Hall–Kier alpha value is -3.00. The largest absolute Gasteiger partial charge is 0.507 e. The van der Waals surface area contributed by atoms with Gasteiger partial charge in [-0.15, -0.1) is 0 Å². The molecule has 8 heteroatoms. The van der Waals surface area contributed by atoms with Crippen molar-refractivity contribution in [3.63, 3.8) is 0 Å². The maximum absolute atomic E-state index is 13.1. The van der Waals surface area contributed by atoms with Crippen LogP contribution in [0.3, 0.4) is 0 Å². The molecule has 4 aliphatic heterocycles. The quantitative estimate of drug-likeness (QED) is 0.722. The number of methoxy groups -OCH3 is 1. The Balaban J connectivity index is 1.58. The van der Waals surface area contributed by atoms with E-state index in [-0.39, 0.29) is 35.4 Å². The van der Waals surface area contributed by atoms with Gasteiger partial charge in [0.05, 0.1) is 25.6 Å². The monoisotopic (exact) mass is 440 g/mol. The van der Waals surface area contributed by atoms with Crippen molar-refractivity contribution in [3.8, 4) is 17.2 Å². The fourth-order valence-electron chi connectivity index (χ4n) is 5.97. The highest BCUT2D eigenvalue weighted by Gasteiger charge is 2.61. The lowest BCUT2D eigenvalue weighted by atomic mass is 9.77. The van der Waals surface area contributed by atoms with Crippen LogP contribution in [0, 0.1) is 12.8 Å². The molecule has 168 valence electrons. The number of phenolic OH excluding ortho intramolecular Hbond substituents is 1. The normalized spacial score (nSPS) is 32.3. The van der Waals surface area contributed by atoms with Gasteiger partial charge >= 0.3 is 11.9 Å². The second kappa shape index (κ2) is 6.51. The fourth-order valence-corrected chi connectivity index (χ4v) is 5.97. The van der Waals surface area contributed by atoms with E-state index in [9.17, 15) is 14.7 Å². The van der Waals surface area contributed by atoms with E-state index in [1.165, 1.54) is 0 Å². The molecule has 0 amide bonds. The smallest absolute Gasteiger partial charge is 0.343 e. The summed E-state index contributed by atoms with van der Waals surface area (Å²) in [5, 5.41) is 12.0. The van der Waals surface area contributed by atoms with Crippen molar-refractivity contribution < 1.29 is 38.4 Å². The van der Waals surface area contributed by atoms with Gasteiger partial charge in [0.25, 0.3) is 0 Å². The summed E-state index contributed by atoms with van der Waals surface area (Å²) < 4.78 is 30.0. The van der Waals surface area contributed by atoms with Gasteiger partial charge in [-0.05, 0) is 38.3 Å². The van der Waals surface area contributed by atoms with E-state index < -0.39 is 17.9 Å². The van der Waals surface area contributed by atoms with Crippen LogP contribution in [0.4, 0.5) is 0 Å². The molecular formula is C24H24O8. The lowest BCUT2D eigenvalue weighted by Crippen LogP contribution is -2.51. The topological polar surface area (TPSA) is 101 Å². The van der Waals surface area contributed by atoms with Gasteiger partial charge in [0.15, 0.2) is 0 Å². The van der Waals surface area contributed by atoms with Crippen LogP contribution in [0.5, 0.6) is 17.2 Å². The zero-order valence-corrected chi connectivity index (χ0v) is 18.1. The molecule has 0 radical (unpaired) electrons. The Labute approximate surface area is 184 Å². The molecule has 4 heterocycles. The van der Waals surface area contributed by atoms with E-state index in [4.69, 9.17) is 23.7 Å². The van der Waals surface area contributed by atoms with Crippen LogP contribution in [-0.2, 0) is 19.0 Å². The number of ether oxygens (including phenoxy) is 5. The van der Waals surface area contributed by atoms with Crippen LogP contribution in [-0.4, -0.2) is 42.1 Å². The Morgan fingerprint density at radius 1 is 1.22 bits per heavy atom. The number of cyclic esters (lactones) is 1. The maximum Gasteiger partial charge on any atom is 0.343 e. The predicted molar refractivity (Wildman–Crippen MR) is 111 cm³/mol. The third kappa shape index (κ3) is 2.53. The minimum atomic E-state index is -1.09. The van der Waals surface area contributed by atoms with Crippen molar-refractivity contribution in [1.29, 1.82) is 0 Å². The highest BCUT2D eigenvalue weighted by Crippen LogP contribution is 2.60. The van der Waals surface area contributed by atoms with Crippen molar-refractivity contribution >= 4 is 22.7 Å². The molecule has 4 aliphatic rings. The zero-order chi connectivity index (χ0) is 22.4. The van der Waals surface area contributed by atoms with Gasteiger partial charge in [-0.3, -0.25) is 4.79 Å². The number of phenols is 1. The number of carbonyl (C=O) groups excluding carboxylic acids is 2. The molecule has 6 rings (SSSR count). The van der Waals surface area contributed by atoms with Crippen molar-refractivity contribution in [2.24, 2.45) is 5.92 Å². The molecule has 0 bridgehead atoms. The Bertz CT molecular complexity index is 1190. The second-order valence-corrected chi connectivity index (χ2v) is 9.19. The predicted octanol–water partition coefficient (Wildman–Crippen LogP) is 3.68. The molecule has 0 aromatic heterocycles. The highest BCUT2D eigenvalue weighted by molar-refractivity contribution is 6.13. The lowest BCUT2D eigenvalue weighted by Gasteiger charge is -2.45. The summed E-state index contributed by atoms with van der Waals surface area (Å²) in [6.45, 7) is 3.82.